The number of rotatable bonds is 3. The molecular formula is C17H13ClO. The van der Waals surface area contributed by atoms with Crippen LogP contribution >= 0.6 is 11.6 Å². The quantitative estimate of drug-likeness (QED) is 0.644. The van der Waals surface area contributed by atoms with Gasteiger partial charge in [-0.1, -0.05) is 54.1 Å². The van der Waals surface area contributed by atoms with E-state index in [9.17, 15) is 0 Å². The van der Waals surface area contributed by atoms with Crippen molar-refractivity contribution >= 4 is 22.4 Å². The molecule has 2 heteroatoms. The molecule has 0 fully saturated rings. The Morgan fingerprint density at radius 2 is 1.53 bits per heavy atom. The average Bonchev–Trinajstić information content (AvgIpc) is 2.46. The van der Waals surface area contributed by atoms with E-state index in [0.717, 1.165) is 16.3 Å². The lowest BCUT2D eigenvalue weighted by Gasteiger charge is -2.07. The van der Waals surface area contributed by atoms with Crippen LogP contribution in [-0.2, 0) is 6.61 Å². The molecule has 0 heterocycles. The maximum Gasteiger partial charge on any atom is 0.120 e. The third kappa shape index (κ3) is 2.88. The van der Waals surface area contributed by atoms with E-state index in [0.29, 0.717) is 6.61 Å². The zero-order valence-corrected chi connectivity index (χ0v) is 11.1. The molecule has 0 spiro atoms. The fraction of sp³-hybridized carbons (Fsp3) is 0.0588. The van der Waals surface area contributed by atoms with Crippen molar-refractivity contribution in [2.45, 2.75) is 6.61 Å². The first-order valence-corrected chi connectivity index (χ1v) is 6.55. The van der Waals surface area contributed by atoms with E-state index in [1.165, 1.54) is 10.8 Å². The van der Waals surface area contributed by atoms with Crippen LogP contribution in [0.25, 0.3) is 10.8 Å². The second-order valence-electron chi connectivity index (χ2n) is 4.42. The largest absolute Gasteiger partial charge is 0.489 e. The van der Waals surface area contributed by atoms with E-state index in [1.807, 2.05) is 42.5 Å². The van der Waals surface area contributed by atoms with Gasteiger partial charge in [-0.15, -0.1) is 0 Å². The van der Waals surface area contributed by atoms with Crippen molar-refractivity contribution in [1.29, 1.82) is 0 Å². The van der Waals surface area contributed by atoms with E-state index in [-0.39, 0.29) is 0 Å². The van der Waals surface area contributed by atoms with Crippen LogP contribution in [0.1, 0.15) is 5.56 Å². The molecule has 0 unspecified atom stereocenters. The third-order valence-corrected chi connectivity index (χ3v) is 3.29. The zero-order chi connectivity index (χ0) is 13.1. The van der Waals surface area contributed by atoms with E-state index in [1.54, 1.807) is 0 Å². The van der Waals surface area contributed by atoms with Gasteiger partial charge in [0.1, 0.15) is 12.4 Å². The lowest BCUT2D eigenvalue weighted by atomic mass is 10.1. The van der Waals surface area contributed by atoms with Crippen LogP contribution in [0, 0.1) is 0 Å². The number of halogens is 1. The summed E-state index contributed by atoms with van der Waals surface area (Å²) in [4.78, 5) is 0. The first-order valence-electron chi connectivity index (χ1n) is 6.17. The number of hydrogen-bond donors (Lipinski definition) is 0. The molecule has 3 rings (SSSR count). The Bertz CT molecular complexity index is 689. The first-order chi connectivity index (χ1) is 9.31. The van der Waals surface area contributed by atoms with Gasteiger partial charge in [-0.2, -0.15) is 0 Å². The van der Waals surface area contributed by atoms with Crippen molar-refractivity contribution in [2.24, 2.45) is 0 Å². The predicted molar refractivity (Wildman–Crippen MR) is 79.7 cm³/mol. The predicted octanol–water partition coefficient (Wildman–Crippen LogP) is 5.07. The molecular weight excluding hydrogens is 256 g/mol. The Labute approximate surface area is 117 Å². The van der Waals surface area contributed by atoms with Gasteiger partial charge in [-0.3, -0.25) is 0 Å². The molecule has 1 nitrogen and oxygen atoms in total. The van der Waals surface area contributed by atoms with Crippen molar-refractivity contribution < 1.29 is 4.74 Å². The van der Waals surface area contributed by atoms with Crippen LogP contribution in [0.4, 0.5) is 0 Å². The first kappa shape index (κ1) is 12.1. The average molecular weight is 269 g/mol. The van der Waals surface area contributed by atoms with Gasteiger partial charge in [0.2, 0.25) is 0 Å². The summed E-state index contributed by atoms with van der Waals surface area (Å²) in [5.74, 6) is 0.883. The fourth-order valence-electron chi connectivity index (χ4n) is 2.00. The standard InChI is InChI=1S/C17H13ClO/c18-16-8-5-13(6-9-16)12-19-17-10-7-14-3-1-2-4-15(14)11-17/h1-11H,12H2. The molecule has 0 aliphatic heterocycles. The van der Waals surface area contributed by atoms with Gasteiger partial charge in [0.25, 0.3) is 0 Å². The molecule has 3 aromatic carbocycles. The van der Waals surface area contributed by atoms with Gasteiger partial charge >= 0.3 is 0 Å². The molecule has 0 bridgehead atoms. The molecule has 3 aromatic rings. The van der Waals surface area contributed by atoms with Gasteiger partial charge in [0.05, 0.1) is 0 Å². The summed E-state index contributed by atoms with van der Waals surface area (Å²) in [6.07, 6.45) is 0. The number of hydrogen-bond acceptors (Lipinski definition) is 1. The van der Waals surface area contributed by atoms with Crippen molar-refractivity contribution in [3.05, 3.63) is 77.3 Å². The van der Waals surface area contributed by atoms with E-state index in [4.69, 9.17) is 16.3 Å². The summed E-state index contributed by atoms with van der Waals surface area (Å²) in [6, 6.07) is 22.1. The highest BCUT2D eigenvalue weighted by molar-refractivity contribution is 6.30. The van der Waals surface area contributed by atoms with Gasteiger partial charge in [0, 0.05) is 5.02 Å². The van der Waals surface area contributed by atoms with Crippen LogP contribution in [0.2, 0.25) is 5.02 Å². The highest BCUT2D eigenvalue weighted by Gasteiger charge is 1.98. The van der Waals surface area contributed by atoms with E-state index < -0.39 is 0 Å². The summed E-state index contributed by atoms with van der Waals surface area (Å²) >= 11 is 5.85. The summed E-state index contributed by atoms with van der Waals surface area (Å²) in [7, 11) is 0. The number of fused-ring (bicyclic) bond motifs is 1. The topological polar surface area (TPSA) is 9.23 Å². The van der Waals surface area contributed by atoms with Crippen LogP contribution in [0.3, 0.4) is 0 Å². The van der Waals surface area contributed by atoms with Gasteiger partial charge in [-0.25, -0.2) is 0 Å². The van der Waals surface area contributed by atoms with Crippen molar-refractivity contribution in [2.75, 3.05) is 0 Å². The van der Waals surface area contributed by atoms with Crippen molar-refractivity contribution in [1.82, 2.24) is 0 Å². The monoisotopic (exact) mass is 268 g/mol. The SMILES string of the molecule is Clc1ccc(COc2ccc3ccccc3c2)cc1. The summed E-state index contributed by atoms with van der Waals surface area (Å²) in [5, 5.41) is 3.16. The molecule has 0 aromatic heterocycles. The lowest BCUT2D eigenvalue weighted by molar-refractivity contribution is 0.306. The zero-order valence-electron chi connectivity index (χ0n) is 10.3. The van der Waals surface area contributed by atoms with Crippen LogP contribution in [-0.4, -0.2) is 0 Å². The molecule has 0 N–H and O–H groups in total. The molecule has 0 aliphatic carbocycles. The molecule has 19 heavy (non-hydrogen) atoms. The normalized spacial score (nSPS) is 10.6. The highest BCUT2D eigenvalue weighted by Crippen LogP contribution is 2.21. The van der Waals surface area contributed by atoms with Crippen LogP contribution in [0.5, 0.6) is 5.75 Å². The fourth-order valence-corrected chi connectivity index (χ4v) is 2.13. The Morgan fingerprint density at radius 3 is 2.32 bits per heavy atom. The highest BCUT2D eigenvalue weighted by atomic mass is 35.5. The lowest BCUT2D eigenvalue weighted by Crippen LogP contribution is -1.94. The van der Waals surface area contributed by atoms with Crippen molar-refractivity contribution in [3.63, 3.8) is 0 Å². The Kier molecular flexibility index (Phi) is 3.39. The Morgan fingerprint density at radius 1 is 0.789 bits per heavy atom. The van der Waals surface area contributed by atoms with Crippen LogP contribution < -0.4 is 4.74 Å². The second-order valence-corrected chi connectivity index (χ2v) is 4.86. The number of ether oxygens (including phenoxy) is 1. The Hall–Kier alpha value is -1.99. The van der Waals surface area contributed by atoms with E-state index >= 15 is 0 Å². The minimum absolute atomic E-state index is 0.551. The van der Waals surface area contributed by atoms with Crippen LogP contribution in [0.15, 0.2) is 66.7 Å². The van der Waals surface area contributed by atoms with Gasteiger partial charge in [0.15, 0.2) is 0 Å². The summed E-state index contributed by atoms with van der Waals surface area (Å²) in [6.45, 7) is 0.551. The minimum Gasteiger partial charge on any atom is -0.489 e. The molecule has 0 aliphatic rings. The number of benzene rings is 3. The minimum atomic E-state index is 0.551. The smallest absolute Gasteiger partial charge is 0.120 e. The maximum atomic E-state index is 5.85. The molecule has 0 saturated heterocycles. The molecule has 0 amide bonds. The molecule has 0 radical (unpaired) electrons. The molecule has 94 valence electrons. The Balaban J connectivity index is 1.76. The summed E-state index contributed by atoms with van der Waals surface area (Å²) < 4.78 is 5.80. The van der Waals surface area contributed by atoms with Gasteiger partial charge in [-0.05, 0) is 40.6 Å². The second kappa shape index (κ2) is 5.33. The summed E-state index contributed by atoms with van der Waals surface area (Å²) in [5.41, 5.74) is 1.11. The molecule has 0 atom stereocenters. The molecule has 0 saturated carbocycles. The maximum absolute atomic E-state index is 5.85. The van der Waals surface area contributed by atoms with E-state index in [2.05, 4.69) is 24.3 Å². The third-order valence-electron chi connectivity index (χ3n) is 3.04. The van der Waals surface area contributed by atoms with Gasteiger partial charge < -0.3 is 4.74 Å². The van der Waals surface area contributed by atoms with Crippen molar-refractivity contribution in [3.8, 4) is 5.75 Å².